The lowest BCUT2D eigenvalue weighted by Crippen LogP contribution is -2.39. The van der Waals surface area contributed by atoms with E-state index in [0.717, 1.165) is 17.8 Å². The Morgan fingerprint density at radius 1 is 1.35 bits per heavy atom. The maximum absolute atomic E-state index is 10.0. The van der Waals surface area contributed by atoms with Crippen LogP contribution in [0.1, 0.15) is 18.1 Å². The zero-order chi connectivity index (χ0) is 14.4. The molecule has 0 spiro atoms. The number of anilines is 1. The maximum atomic E-state index is 10.0. The minimum absolute atomic E-state index is 0.296. The minimum Gasteiger partial charge on any atom is -0.389 e. The number of aliphatic hydroxyl groups excluding tert-OH is 2. The van der Waals surface area contributed by atoms with Gasteiger partial charge in [0.25, 0.3) is 0 Å². The molecular formula is C15H23NO4. The third-order valence-corrected chi connectivity index (χ3v) is 3.48. The van der Waals surface area contributed by atoms with Crippen LogP contribution in [0.3, 0.4) is 0 Å². The Bertz CT molecular complexity index is 413. The van der Waals surface area contributed by atoms with Crippen molar-refractivity contribution in [2.45, 2.75) is 18.6 Å². The summed E-state index contributed by atoms with van der Waals surface area (Å²) in [6.45, 7) is 2.57. The lowest BCUT2D eigenvalue weighted by molar-refractivity contribution is 0.0156. The molecule has 0 fully saturated rings. The molecule has 0 saturated carbocycles. The van der Waals surface area contributed by atoms with Gasteiger partial charge in [-0.2, -0.15) is 0 Å². The normalized spacial score (nSPS) is 19.8. The predicted molar refractivity (Wildman–Crippen MR) is 76.9 cm³/mol. The molecule has 1 aromatic carbocycles. The number of fused-ring (bicyclic) bond motifs is 1. The Balaban J connectivity index is 1.89. The van der Waals surface area contributed by atoms with Gasteiger partial charge in [-0.1, -0.05) is 18.2 Å². The second-order valence-electron chi connectivity index (χ2n) is 5.03. The van der Waals surface area contributed by atoms with Crippen LogP contribution in [-0.2, 0) is 9.47 Å². The first-order valence-corrected chi connectivity index (χ1v) is 6.99. The van der Waals surface area contributed by atoms with Gasteiger partial charge < -0.3 is 24.6 Å². The van der Waals surface area contributed by atoms with Crippen LogP contribution in [0.25, 0.3) is 0 Å². The molecule has 0 saturated heterocycles. The number of ether oxygens (including phenoxy) is 2. The van der Waals surface area contributed by atoms with Gasteiger partial charge in [-0.15, -0.1) is 0 Å². The zero-order valence-corrected chi connectivity index (χ0v) is 11.9. The van der Waals surface area contributed by atoms with Gasteiger partial charge >= 0.3 is 0 Å². The Hall–Kier alpha value is -1.14. The molecule has 20 heavy (non-hydrogen) atoms. The fourth-order valence-electron chi connectivity index (χ4n) is 2.47. The molecular weight excluding hydrogens is 258 g/mol. The van der Waals surface area contributed by atoms with E-state index >= 15 is 0 Å². The van der Waals surface area contributed by atoms with E-state index in [4.69, 9.17) is 9.47 Å². The number of rotatable bonds is 7. The van der Waals surface area contributed by atoms with E-state index in [2.05, 4.69) is 4.90 Å². The molecule has 1 aliphatic rings. The van der Waals surface area contributed by atoms with E-state index < -0.39 is 12.2 Å². The summed E-state index contributed by atoms with van der Waals surface area (Å²) in [7, 11) is 1.62. The lowest BCUT2D eigenvalue weighted by Gasteiger charge is -2.35. The number of hydrogen-bond acceptors (Lipinski definition) is 5. The molecule has 0 aliphatic carbocycles. The molecule has 1 heterocycles. The van der Waals surface area contributed by atoms with Crippen molar-refractivity contribution < 1.29 is 19.7 Å². The molecule has 5 heteroatoms. The highest BCUT2D eigenvalue weighted by atomic mass is 16.5. The van der Waals surface area contributed by atoms with Crippen molar-refractivity contribution in [2.24, 2.45) is 0 Å². The van der Waals surface area contributed by atoms with E-state index in [1.807, 2.05) is 24.3 Å². The molecule has 1 aromatic rings. The number of hydrogen-bond donors (Lipinski definition) is 2. The van der Waals surface area contributed by atoms with E-state index in [9.17, 15) is 10.2 Å². The average molecular weight is 281 g/mol. The van der Waals surface area contributed by atoms with Gasteiger partial charge in [-0.05, 0) is 12.5 Å². The summed E-state index contributed by atoms with van der Waals surface area (Å²) in [5.41, 5.74) is 1.94. The van der Waals surface area contributed by atoms with Crippen molar-refractivity contribution in [2.75, 3.05) is 44.9 Å². The Morgan fingerprint density at radius 3 is 2.95 bits per heavy atom. The molecule has 2 atom stereocenters. The van der Waals surface area contributed by atoms with Crippen molar-refractivity contribution in [1.29, 1.82) is 0 Å². The van der Waals surface area contributed by atoms with Gasteiger partial charge in [0.05, 0.1) is 32.0 Å². The van der Waals surface area contributed by atoms with Gasteiger partial charge in [-0.25, -0.2) is 0 Å². The summed E-state index contributed by atoms with van der Waals surface area (Å²) in [5.74, 6) is 0. The molecule has 0 amide bonds. The van der Waals surface area contributed by atoms with Gasteiger partial charge in [0.2, 0.25) is 0 Å². The number of aliphatic hydroxyl groups is 2. The van der Waals surface area contributed by atoms with Crippen LogP contribution in [0, 0.1) is 0 Å². The predicted octanol–water partition coefficient (Wildman–Crippen LogP) is 0.954. The molecule has 2 N–H and O–H groups in total. The highest BCUT2D eigenvalue weighted by molar-refractivity contribution is 5.56. The van der Waals surface area contributed by atoms with Crippen LogP contribution in [0.4, 0.5) is 5.69 Å². The first kappa shape index (κ1) is 15.3. The first-order valence-electron chi connectivity index (χ1n) is 6.99. The lowest BCUT2D eigenvalue weighted by atomic mass is 9.98. The van der Waals surface area contributed by atoms with Crippen LogP contribution in [0.2, 0.25) is 0 Å². The third kappa shape index (κ3) is 3.93. The van der Waals surface area contributed by atoms with Crippen LogP contribution >= 0.6 is 0 Å². The number of nitrogens with zero attached hydrogens (tertiary/aromatic N) is 1. The van der Waals surface area contributed by atoms with Crippen LogP contribution in [0.5, 0.6) is 0 Å². The van der Waals surface area contributed by atoms with Crippen molar-refractivity contribution in [3.05, 3.63) is 29.8 Å². The van der Waals surface area contributed by atoms with E-state index in [1.54, 1.807) is 7.11 Å². The van der Waals surface area contributed by atoms with E-state index in [-0.39, 0.29) is 0 Å². The smallest absolute Gasteiger partial charge is 0.0948 e. The molecule has 2 rings (SSSR count). The van der Waals surface area contributed by atoms with Crippen molar-refractivity contribution in [1.82, 2.24) is 0 Å². The monoisotopic (exact) mass is 281 g/mol. The van der Waals surface area contributed by atoms with Crippen molar-refractivity contribution in [3.63, 3.8) is 0 Å². The highest BCUT2D eigenvalue weighted by Crippen LogP contribution is 2.33. The molecule has 112 valence electrons. The molecule has 0 bridgehead atoms. The minimum atomic E-state index is -0.546. The molecule has 5 nitrogen and oxygen atoms in total. The van der Waals surface area contributed by atoms with Gasteiger partial charge in [0.15, 0.2) is 0 Å². The molecule has 0 radical (unpaired) electrons. The second-order valence-corrected chi connectivity index (χ2v) is 5.03. The van der Waals surface area contributed by atoms with Crippen molar-refractivity contribution in [3.8, 4) is 0 Å². The number of β-amino-alcohol motifs (C(OH)–C–C–N with tert-alkyl or cyclic N) is 1. The van der Waals surface area contributed by atoms with Crippen molar-refractivity contribution >= 4 is 5.69 Å². The van der Waals surface area contributed by atoms with Gasteiger partial charge in [0, 0.05) is 31.5 Å². The number of para-hydroxylation sites is 1. The van der Waals surface area contributed by atoms with Gasteiger partial charge in [-0.3, -0.25) is 0 Å². The summed E-state index contributed by atoms with van der Waals surface area (Å²) in [6, 6.07) is 7.80. The Labute approximate surface area is 119 Å². The average Bonchev–Trinajstić information content (AvgIpc) is 2.47. The summed E-state index contributed by atoms with van der Waals surface area (Å²) in [5, 5.41) is 20.0. The SMILES string of the molecule is COCCOCC(O)CN1CCC(O)c2ccccc21. The summed E-state index contributed by atoms with van der Waals surface area (Å²) < 4.78 is 10.2. The first-order chi connectivity index (χ1) is 9.72. The van der Waals surface area contributed by atoms with E-state index in [0.29, 0.717) is 32.8 Å². The third-order valence-electron chi connectivity index (χ3n) is 3.48. The molecule has 0 aromatic heterocycles. The standard InChI is InChI=1S/C15H23NO4/c1-19-8-9-20-11-12(17)10-16-7-6-15(18)13-4-2-3-5-14(13)16/h2-5,12,15,17-18H,6-11H2,1H3. The Morgan fingerprint density at radius 2 is 2.15 bits per heavy atom. The van der Waals surface area contributed by atoms with E-state index in [1.165, 1.54) is 0 Å². The highest BCUT2D eigenvalue weighted by Gasteiger charge is 2.24. The maximum Gasteiger partial charge on any atom is 0.0948 e. The summed E-state index contributed by atoms with van der Waals surface area (Å²) in [4.78, 5) is 2.10. The summed E-state index contributed by atoms with van der Waals surface area (Å²) >= 11 is 0. The number of methoxy groups -OCH3 is 1. The van der Waals surface area contributed by atoms with Gasteiger partial charge in [0.1, 0.15) is 0 Å². The largest absolute Gasteiger partial charge is 0.389 e. The van der Waals surface area contributed by atoms with Crippen LogP contribution in [-0.4, -0.2) is 56.3 Å². The van der Waals surface area contributed by atoms with Crippen LogP contribution in [0.15, 0.2) is 24.3 Å². The fourth-order valence-corrected chi connectivity index (χ4v) is 2.47. The molecule has 2 unspecified atom stereocenters. The summed E-state index contributed by atoms with van der Waals surface area (Å²) in [6.07, 6.45) is -0.262. The molecule has 1 aliphatic heterocycles. The number of benzene rings is 1. The topological polar surface area (TPSA) is 62.2 Å². The second kappa shape index (κ2) is 7.59. The Kier molecular flexibility index (Phi) is 5.79. The fraction of sp³-hybridized carbons (Fsp3) is 0.600. The zero-order valence-electron chi connectivity index (χ0n) is 11.9. The quantitative estimate of drug-likeness (QED) is 0.729. The van der Waals surface area contributed by atoms with Crippen LogP contribution < -0.4 is 4.90 Å².